The Balaban J connectivity index is 1.74. The number of anilines is 1. The predicted octanol–water partition coefficient (Wildman–Crippen LogP) is 1.43. The molecule has 0 saturated carbocycles. The SMILES string of the molecule is CCC12CN3CC(C)(CN(C1)C31C(=O)N(C)c3ccccc31)C2=O. The van der Waals surface area contributed by atoms with Crippen LogP contribution in [0.1, 0.15) is 25.8 Å². The van der Waals surface area contributed by atoms with E-state index >= 15 is 0 Å². The third-order valence-electron chi connectivity index (χ3n) is 6.93. The number of carbonyl (C=O) groups excluding carboxylic acids is 2. The normalized spacial score (nSPS) is 45.4. The molecule has 5 nitrogen and oxygen atoms in total. The summed E-state index contributed by atoms with van der Waals surface area (Å²) in [5, 5.41) is 0. The van der Waals surface area contributed by atoms with Crippen molar-refractivity contribution < 1.29 is 9.59 Å². The summed E-state index contributed by atoms with van der Waals surface area (Å²) in [5.41, 5.74) is 0.709. The van der Waals surface area contributed by atoms with E-state index in [9.17, 15) is 9.59 Å². The minimum absolute atomic E-state index is 0.129. The molecule has 0 aromatic heterocycles. The second kappa shape index (κ2) is 4.09. The number of fused-ring (bicyclic) bond motifs is 1. The lowest BCUT2D eigenvalue weighted by molar-refractivity contribution is -0.231. The molecule has 4 saturated heterocycles. The van der Waals surface area contributed by atoms with Gasteiger partial charge in [0.05, 0.1) is 16.5 Å². The second-order valence-electron chi connectivity index (χ2n) is 8.29. The summed E-state index contributed by atoms with van der Waals surface area (Å²) in [6.07, 6.45) is 0.843. The highest BCUT2D eigenvalue weighted by atomic mass is 16.2. The molecule has 6 rings (SSSR count). The average Bonchev–Trinajstić information content (AvgIpc) is 2.79. The summed E-state index contributed by atoms with van der Waals surface area (Å²) in [6, 6.07) is 8.11. The quantitative estimate of drug-likeness (QED) is 0.784. The summed E-state index contributed by atoms with van der Waals surface area (Å²) in [5.74, 6) is 0.539. The molecular weight excluding hydrogens is 302 g/mol. The lowest BCUT2D eigenvalue weighted by atomic mass is 9.58. The van der Waals surface area contributed by atoms with E-state index in [1.165, 1.54) is 0 Å². The molecule has 5 aliphatic heterocycles. The number of nitrogens with zero attached hydrogens (tertiary/aromatic N) is 3. The summed E-state index contributed by atoms with van der Waals surface area (Å²) >= 11 is 0. The van der Waals surface area contributed by atoms with Gasteiger partial charge in [-0.1, -0.05) is 32.0 Å². The minimum Gasteiger partial charge on any atom is -0.312 e. The van der Waals surface area contributed by atoms with Crippen molar-refractivity contribution in [3.05, 3.63) is 29.8 Å². The van der Waals surface area contributed by atoms with E-state index in [1.54, 1.807) is 4.90 Å². The first kappa shape index (κ1) is 14.6. The Morgan fingerprint density at radius 3 is 2.29 bits per heavy atom. The van der Waals surface area contributed by atoms with Gasteiger partial charge in [-0.05, 0) is 12.5 Å². The van der Waals surface area contributed by atoms with Gasteiger partial charge in [-0.15, -0.1) is 0 Å². The van der Waals surface area contributed by atoms with Crippen LogP contribution >= 0.6 is 0 Å². The molecule has 4 bridgehead atoms. The highest BCUT2D eigenvalue weighted by Crippen LogP contribution is 2.59. The standard InChI is InChI=1S/C19H23N3O2/c1-4-18-11-21-9-17(2,15(18)23)10-22(12-18)19(21)13-7-5-6-8-14(13)20(3)16(19)24/h5-8H,4,9-12H2,1-3H3. The number of piperidine rings is 2. The lowest BCUT2D eigenvalue weighted by Crippen LogP contribution is -2.83. The molecule has 1 spiro atoms. The van der Waals surface area contributed by atoms with E-state index in [2.05, 4.69) is 29.7 Å². The molecular formula is C19H23N3O2. The van der Waals surface area contributed by atoms with Gasteiger partial charge in [0.25, 0.3) is 5.91 Å². The van der Waals surface area contributed by atoms with Gasteiger partial charge in [-0.2, -0.15) is 0 Å². The maximum absolute atomic E-state index is 13.4. The number of Topliss-reactive ketones (excluding diaryl/α,β-unsaturated/α-hetero) is 1. The van der Waals surface area contributed by atoms with Crippen molar-refractivity contribution in [3.63, 3.8) is 0 Å². The summed E-state index contributed by atoms with van der Waals surface area (Å²) in [4.78, 5) is 32.9. The molecule has 5 heterocycles. The van der Waals surface area contributed by atoms with Crippen LogP contribution in [0.25, 0.3) is 0 Å². The fraction of sp³-hybridized carbons (Fsp3) is 0.579. The number of hydrogen-bond donors (Lipinski definition) is 0. The van der Waals surface area contributed by atoms with Gasteiger partial charge in [-0.25, -0.2) is 0 Å². The fourth-order valence-electron chi connectivity index (χ4n) is 5.88. The fourth-order valence-corrected chi connectivity index (χ4v) is 5.88. The molecule has 1 aromatic rings. The van der Waals surface area contributed by atoms with Crippen LogP contribution < -0.4 is 4.90 Å². The van der Waals surface area contributed by atoms with Crippen LogP contribution in [0.4, 0.5) is 5.69 Å². The zero-order chi connectivity index (χ0) is 16.9. The summed E-state index contributed by atoms with van der Waals surface area (Å²) < 4.78 is 0. The number of rotatable bonds is 1. The van der Waals surface area contributed by atoms with E-state index < -0.39 is 5.66 Å². The van der Waals surface area contributed by atoms with E-state index in [1.807, 2.05) is 25.2 Å². The number of carbonyl (C=O) groups is 2. The van der Waals surface area contributed by atoms with Gasteiger partial charge in [0, 0.05) is 38.8 Å². The monoisotopic (exact) mass is 325 g/mol. The average molecular weight is 325 g/mol. The molecule has 1 aromatic carbocycles. The molecule has 4 fully saturated rings. The highest BCUT2D eigenvalue weighted by molar-refractivity contribution is 6.08. The summed E-state index contributed by atoms with van der Waals surface area (Å²) in [6.45, 7) is 6.94. The molecule has 0 aliphatic carbocycles. The molecule has 126 valence electrons. The smallest absolute Gasteiger partial charge is 0.267 e. The van der Waals surface area contributed by atoms with Crippen LogP contribution in [-0.2, 0) is 15.3 Å². The first-order valence-electron chi connectivity index (χ1n) is 8.82. The van der Waals surface area contributed by atoms with Crippen molar-refractivity contribution >= 4 is 17.4 Å². The van der Waals surface area contributed by atoms with Gasteiger partial charge in [0.1, 0.15) is 5.78 Å². The van der Waals surface area contributed by atoms with Gasteiger partial charge in [0.2, 0.25) is 0 Å². The molecule has 24 heavy (non-hydrogen) atoms. The van der Waals surface area contributed by atoms with Crippen LogP contribution in [0.15, 0.2) is 24.3 Å². The number of likely N-dealkylation sites (N-methyl/N-ethyl adjacent to an activating group) is 1. The van der Waals surface area contributed by atoms with Crippen LogP contribution in [0.2, 0.25) is 0 Å². The van der Waals surface area contributed by atoms with Crippen molar-refractivity contribution in [1.82, 2.24) is 9.80 Å². The first-order valence-corrected chi connectivity index (χ1v) is 8.82. The maximum Gasteiger partial charge on any atom is 0.267 e. The van der Waals surface area contributed by atoms with Gasteiger partial charge in [-0.3, -0.25) is 19.4 Å². The lowest BCUT2D eigenvalue weighted by Gasteiger charge is -2.68. The maximum atomic E-state index is 13.4. The van der Waals surface area contributed by atoms with Crippen molar-refractivity contribution in [2.24, 2.45) is 10.8 Å². The topological polar surface area (TPSA) is 43.9 Å². The Bertz CT molecular complexity index is 771. The molecule has 5 heteroatoms. The van der Waals surface area contributed by atoms with Crippen LogP contribution in [0.3, 0.4) is 0 Å². The van der Waals surface area contributed by atoms with Crippen molar-refractivity contribution in [1.29, 1.82) is 0 Å². The molecule has 2 atom stereocenters. The van der Waals surface area contributed by atoms with E-state index in [0.29, 0.717) is 32.0 Å². The Morgan fingerprint density at radius 2 is 1.67 bits per heavy atom. The number of benzene rings is 1. The number of ketones is 1. The Morgan fingerprint density at radius 1 is 1.04 bits per heavy atom. The zero-order valence-electron chi connectivity index (χ0n) is 14.5. The van der Waals surface area contributed by atoms with E-state index in [0.717, 1.165) is 17.7 Å². The van der Waals surface area contributed by atoms with Crippen LogP contribution in [0.5, 0.6) is 0 Å². The van der Waals surface area contributed by atoms with Crippen molar-refractivity contribution in [2.75, 3.05) is 38.1 Å². The van der Waals surface area contributed by atoms with E-state index in [4.69, 9.17) is 0 Å². The highest BCUT2D eigenvalue weighted by Gasteiger charge is 2.72. The molecule has 0 N–H and O–H groups in total. The van der Waals surface area contributed by atoms with Crippen LogP contribution in [0, 0.1) is 10.8 Å². The molecule has 5 aliphatic rings. The van der Waals surface area contributed by atoms with Gasteiger partial charge < -0.3 is 4.90 Å². The molecule has 2 unspecified atom stereocenters. The largest absolute Gasteiger partial charge is 0.312 e. The Kier molecular flexibility index (Phi) is 2.49. The second-order valence-corrected chi connectivity index (χ2v) is 8.29. The molecule has 0 radical (unpaired) electrons. The van der Waals surface area contributed by atoms with Crippen molar-refractivity contribution in [2.45, 2.75) is 25.9 Å². The van der Waals surface area contributed by atoms with Crippen molar-refractivity contribution in [3.8, 4) is 0 Å². The predicted molar refractivity (Wildman–Crippen MR) is 90.5 cm³/mol. The van der Waals surface area contributed by atoms with Crippen LogP contribution in [-0.4, -0.2) is 54.7 Å². The zero-order valence-corrected chi connectivity index (χ0v) is 14.5. The third-order valence-corrected chi connectivity index (χ3v) is 6.93. The first-order chi connectivity index (χ1) is 11.4. The number of para-hydroxylation sites is 1. The molecule has 1 amide bonds. The third kappa shape index (κ3) is 1.30. The van der Waals surface area contributed by atoms with Gasteiger partial charge >= 0.3 is 0 Å². The minimum atomic E-state index is -0.704. The Hall–Kier alpha value is -1.72. The number of amides is 1. The van der Waals surface area contributed by atoms with Gasteiger partial charge in [0.15, 0.2) is 5.66 Å². The van der Waals surface area contributed by atoms with E-state index in [-0.39, 0.29) is 16.7 Å². The number of hydrogen-bond acceptors (Lipinski definition) is 4. The summed E-state index contributed by atoms with van der Waals surface area (Å²) in [7, 11) is 1.87. The Labute approximate surface area is 142 Å².